The van der Waals surface area contributed by atoms with Crippen LogP contribution in [0.2, 0.25) is 5.02 Å². The van der Waals surface area contributed by atoms with Crippen molar-refractivity contribution in [3.8, 4) is 0 Å². The van der Waals surface area contributed by atoms with Gasteiger partial charge in [0.25, 0.3) is 0 Å². The van der Waals surface area contributed by atoms with Crippen molar-refractivity contribution >= 4 is 27.5 Å². The SMILES string of the molecule is CNC(Cc1ncnn1C)c1cc(Cl)cc(Br)c1. The van der Waals surface area contributed by atoms with Crippen molar-refractivity contribution in [3.05, 3.63) is 45.4 Å². The zero-order valence-corrected chi connectivity index (χ0v) is 12.5. The lowest BCUT2D eigenvalue weighted by Gasteiger charge is -2.16. The van der Waals surface area contributed by atoms with E-state index in [2.05, 4.69) is 37.4 Å². The topological polar surface area (TPSA) is 42.7 Å². The van der Waals surface area contributed by atoms with E-state index in [1.807, 2.05) is 26.2 Å². The monoisotopic (exact) mass is 328 g/mol. The molecule has 0 radical (unpaired) electrons. The standard InChI is InChI=1S/C12H14BrClN4/c1-15-11(6-12-16-7-17-18(12)2)8-3-9(13)5-10(14)4-8/h3-5,7,11,15H,6H2,1-2H3. The lowest BCUT2D eigenvalue weighted by Crippen LogP contribution is -2.20. The summed E-state index contributed by atoms with van der Waals surface area (Å²) in [6, 6.07) is 6.05. The van der Waals surface area contributed by atoms with Crippen molar-refractivity contribution in [2.24, 2.45) is 7.05 Å². The predicted octanol–water partition coefficient (Wildman–Crippen LogP) is 2.73. The molecular weight excluding hydrogens is 316 g/mol. The van der Waals surface area contributed by atoms with E-state index in [0.717, 1.165) is 27.3 Å². The zero-order chi connectivity index (χ0) is 13.1. The van der Waals surface area contributed by atoms with E-state index < -0.39 is 0 Å². The highest BCUT2D eigenvalue weighted by atomic mass is 79.9. The van der Waals surface area contributed by atoms with Crippen LogP contribution in [0.4, 0.5) is 0 Å². The first-order valence-electron chi connectivity index (χ1n) is 5.56. The normalized spacial score (nSPS) is 12.7. The molecule has 1 heterocycles. The number of hydrogen-bond acceptors (Lipinski definition) is 3. The molecule has 6 heteroatoms. The second kappa shape index (κ2) is 5.82. The van der Waals surface area contributed by atoms with Gasteiger partial charge in [-0.25, -0.2) is 4.98 Å². The van der Waals surface area contributed by atoms with Gasteiger partial charge in [0, 0.05) is 29.0 Å². The molecule has 18 heavy (non-hydrogen) atoms. The third-order valence-electron chi connectivity index (χ3n) is 2.83. The highest BCUT2D eigenvalue weighted by Crippen LogP contribution is 2.25. The van der Waals surface area contributed by atoms with E-state index in [0.29, 0.717) is 0 Å². The summed E-state index contributed by atoms with van der Waals surface area (Å²) in [6.45, 7) is 0. The Morgan fingerprint density at radius 1 is 1.44 bits per heavy atom. The molecule has 0 bridgehead atoms. The Hall–Kier alpha value is -0.910. The predicted molar refractivity (Wildman–Crippen MR) is 75.7 cm³/mol. The number of benzene rings is 1. The molecule has 1 aromatic heterocycles. The van der Waals surface area contributed by atoms with Crippen LogP contribution in [0, 0.1) is 0 Å². The van der Waals surface area contributed by atoms with Crippen LogP contribution in [0.25, 0.3) is 0 Å². The van der Waals surface area contributed by atoms with Crippen LogP contribution in [0.5, 0.6) is 0 Å². The van der Waals surface area contributed by atoms with Gasteiger partial charge in [-0.15, -0.1) is 0 Å². The van der Waals surface area contributed by atoms with Gasteiger partial charge in [-0.1, -0.05) is 27.5 Å². The molecule has 96 valence electrons. The zero-order valence-electron chi connectivity index (χ0n) is 10.2. The Morgan fingerprint density at radius 2 is 2.22 bits per heavy atom. The minimum absolute atomic E-state index is 0.155. The number of aryl methyl sites for hydroxylation is 1. The minimum Gasteiger partial charge on any atom is -0.313 e. The summed E-state index contributed by atoms with van der Waals surface area (Å²) in [5, 5.41) is 8.07. The van der Waals surface area contributed by atoms with Crippen molar-refractivity contribution in [2.45, 2.75) is 12.5 Å². The van der Waals surface area contributed by atoms with Crippen LogP contribution in [0.15, 0.2) is 29.0 Å². The van der Waals surface area contributed by atoms with E-state index in [9.17, 15) is 0 Å². The van der Waals surface area contributed by atoms with Crippen LogP contribution in [-0.4, -0.2) is 21.8 Å². The first kappa shape index (κ1) is 13.5. The molecule has 0 aliphatic carbocycles. The fourth-order valence-corrected chi connectivity index (χ4v) is 2.74. The fraction of sp³-hybridized carbons (Fsp3) is 0.333. The number of rotatable bonds is 4. The van der Waals surface area contributed by atoms with Gasteiger partial charge in [0.2, 0.25) is 0 Å². The quantitative estimate of drug-likeness (QED) is 0.938. The van der Waals surface area contributed by atoms with E-state index in [-0.39, 0.29) is 6.04 Å². The van der Waals surface area contributed by atoms with Crippen molar-refractivity contribution in [1.82, 2.24) is 20.1 Å². The molecule has 2 aromatic rings. The van der Waals surface area contributed by atoms with Gasteiger partial charge in [-0.05, 0) is 30.8 Å². The molecule has 0 amide bonds. The van der Waals surface area contributed by atoms with E-state index in [4.69, 9.17) is 11.6 Å². The molecule has 1 unspecified atom stereocenters. The molecule has 1 aromatic carbocycles. The molecule has 4 nitrogen and oxygen atoms in total. The molecule has 2 rings (SSSR count). The number of likely N-dealkylation sites (N-methyl/N-ethyl adjacent to an activating group) is 1. The maximum absolute atomic E-state index is 6.07. The first-order valence-corrected chi connectivity index (χ1v) is 6.73. The average molecular weight is 330 g/mol. The minimum atomic E-state index is 0.155. The molecule has 0 aliphatic rings. The van der Waals surface area contributed by atoms with Crippen LogP contribution >= 0.6 is 27.5 Å². The van der Waals surface area contributed by atoms with Gasteiger partial charge in [0.15, 0.2) is 0 Å². The molecular formula is C12H14BrClN4. The number of halogens is 2. The molecule has 0 spiro atoms. The van der Waals surface area contributed by atoms with Gasteiger partial charge >= 0.3 is 0 Å². The Balaban J connectivity index is 2.25. The van der Waals surface area contributed by atoms with E-state index in [1.165, 1.54) is 0 Å². The van der Waals surface area contributed by atoms with Crippen molar-refractivity contribution in [2.75, 3.05) is 7.05 Å². The maximum atomic E-state index is 6.07. The Kier molecular flexibility index (Phi) is 4.37. The molecule has 0 aliphatic heterocycles. The van der Waals surface area contributed by atoms with Crippen molar-refractivity contribution < 1.29 is 0 Å². The highest BCUT2D eigenvalue weighted by molar-refractivity contribution is 9.10. The summed E-state index contributed by atoms with van der Waals surface area (Å²) >= 11 is 9.53. The molecule has 1 atom stereocenters. The Morgan fingerprint density at radius 3 is 2.78 bits per heavy atom. The van der Waals surface area contributed by atoms with Crippen LogP contribution in [0.1, 0.15) is 17.4 Å². The largest absolute Gasteiger partial charge is 0.313 e. The van der Waals surface area contributed by atoms with Crippen LogP contribution < -0.4 is 5.32 Å². The van der Waals surface area contributed by atoms with Crippen LogP contribution in [-0.2, 0) is 13.5 Å². The number of nitrogens with one attached hydrogen (secondary N) is 1. The second-order valence-electron chi connectivity index (χ2n) is 4.05. The van der Waals surface area contributed by atoms with Gasteiger partial charge in [0.1, 0.15) is 12.2 Å². The smallest absolute Gasteiger partial charge is 0.138 e. The summed E-state index contributed by atoms with van der Waals surface area (Å²) in [4.78, 5) is 4.24. The summed E-state index contributed by atoms with van der Waals surface area (Å²) in [7, 11) is 3.82. The second-order valence-corrected chi connectivity index (χ2v) is 5.40. The third kappa shape index (κ3) is 3.10. The fourth-order valence-electron chi connectivity index (χ4n) is 1.85. The lowest BCUT2D eigenvalue weighted by atomic mass is 10.0. The van der Waals surface area contributed by atoms with Gasteiger partial charge in [0.05, 0.1) is 0 Å². The van der Waals surface area contributed by atoms with Crippen molar-refractivity contribution in [3.63, 3.8) is 0 Å². The molecule has 1 N–H and O–H groups in total. The van der Waals surface area contributed by atoms with Gasteiger partial charge < -0.3 is 5.32 Å². The summed E-state index contributed by atoms with van der Waals surface area (Å²) < 4.78 is 2.76. The number of hydrogen-bond donors (Lipinski definition) is 1. The summed E-state index contributed by atoms with van der Waals surface area (Å²) in [5.74, 6) is 0.936. The van der Waals surface area contributed by atoms with E-state index in [1.54, 1.807) is 11.0 Å². The van der Waals surface area contributed by atoms with E-state index >= 15 is 0 Å². The number of aromatic nitrogens is 3. The summed E-state index contributed by atoms with van der Waals surface area (Å²) in [6.07, 6.45) is 2.33. The van der Waals surface area contributed by atoms with Crippen LogP contribution in [0.3, 0.4) is 0 Å². The Labute approximate surface area is 119 Å². The highest BCUT2D eigenvalue weighted by Gasteiger charge is 2.14. The Bertz CT molecular complexity index is 520. The number of nitrogens with zero attached hydrogens (tertiary/aromatic N) is 3. The molecule has 0 fully saturated rings. The molecule has 0 saturated carbocycles. The molecule has 0 saturated heterocycles. The lowest BCUT2D eigenvalue weighted by molar-refractivity contribution is 0.553. The van der Waals surface area contributed by atoms with Gasteiger partial charge in [-0.2, -0.15) is 5.10 Å². The summed E-state index contributed by atoms with van der Waals surface area (Å²) in [5.41, 5.74) is 1.12. The third-order valence-corrected chi connectivity index (χ3v) is 3.50. The van der Waals surface area contributed by atoms with Gasteiger partial charge in [-0.3, -0.25) is 4.68 Å². The van der Waals surface area contributed by atoms with Crippen molar-refractivity contribution in [1.29, 1.82) is 0 Å². The average Bonchev–Trinajstić information content (AvgIpc) is 2.70. The first-order chi connectivity index (χ1) is 8.60. The maximum Gasteiger partial charge on any atom is 0.138 e.